The minimum atomic E-state index is -1.17. The quantitative estimate of drug-likeness (QED) is 0.675. The molecule has 2 N–H and O–H groups in total. The first kappa shape index (κ1) is 23.8. The van der Waals surface area contributed by atoms with Gasteiger partial charge in [0.2, 0.25) is 0 Å². The number of aliphatic hydroxyl groups excluding tert-OH is 1. The third-order valence-electron chi connectivity index (χ3n) is 9.62. The lowest BCUT2D eigenvalue weighted by molar-refractivity contribution is -0.172. The maximum absolute atomic E-state index is 12.2. The molecule has 5 heteroatoms. The van der Waals surface area contributed by atoms with Gasteiger partial charge in [0.15, 0.2) is 0 Å². The number of rotatable bonds is 5. The van der Waals surface area contributed by atoms with Gasteiger partial charge in [-0.1, -0.05) is 30.7 Å². The average molecular weight is 466 g/mol. The monoisotopic (exact) mass is 465 g/mol. The Morgan fingerprint density at radius 3 is 2.62 bits per heavy atom. The zero-order valence-electron chi connectivity index (χ0n) is 21.0. The number of allylic oxidation sites excluding steroid dienone is 4. The SMILES string of the molecule is COCC(O)[C@@]1(O)CCC2C3CC=C4CC(=O)CCC4=C3[C@@H](c3ccc(N(C)C)cc3)C[C@@]21C. The van der Waals surface area contributed by atoms with Crippen LogP contribution in [0.25, 0.3) is 0 Å². The lowest BCUT2D eigenvalue weighted by atomic mass is 9.51. The number of Topliss-reactive ketones (excluding diaryl/α,β-unsaturated/α-hetero) is 1. The summed E-state index contributed by atoms with van der Waals surface area (Å²) in [5.74, 6) is 1.17. The molecule has 1 aromatic carbocycles. The van der Waals surface area contributed by atoms with Crippen molar-refractivity contribution in [1.82, 2.24) is 0 Å². The van der Waals surface area contributed by atoms with E-state index in [2.05, 4.69) is 56.3 Å². The summed E-state index contributed by atoms with van der Waals surface area (Å²) in [4.78, 5) is 14.4. The smallest absolute Gasteiger partial charge is 0.137 e. The van der Waals surface area contributed by atoms with Gasteiger partial charge in [0.25, 0.3) is 0 Å². The van der Waals surface area contributed by atoms with Crippen molar-refractivity contribution < 1.29 is 19.7 Å². The topological polar surface area (TPSA) is 70.0 Å². The molecule has 0 amide bonds. The van der Waals surface area contributed by atoms with E-state index in [4.69, 9.17) is 4.74 Å². The van der Waals surface area contributed by atoms with E-state index < -0.39 is 17.1 Å². The van der Waals surface area contributed by atoms with Crippen LogP contribution in [-0.2, 0) is 9.53 Å². The lowest BCUT2D eigenvalue weighted by Gasteiger charge is -2.55. The van der Waals surface area contributed by atoms with E-state index in [0.717, 1.165) is 25.7 Å². The van der Waals surface area contributed by atoms with Gasteiger partial charge in [0.1, 0.15) is 11.9 Å². The van der Waals surface area contributed by atoms with Gasteiger partial charge in [-0.05, 0) is 72.8 Å². The molecule has 0 heterocycles. The molecule has 0 spiro atoms. The number of carbonyl (C=O) groups excluding carboxylic acids is 1. The first-order chi connectivity index (χ1) is 16.2. The van der Waals surface area contributed by atoms with Crippen LogP contribution in [0.4, 0.5) is 5.69 Å². The van der Waals surface area contributed by atoms with Crippen molar-refractivity contribution in [3.05, 3.63) is 52.6 Å². The number of ether oxygens (including phenoxy) is 1. The minimum Gasteiger partial charge on any atom is -0.388 e. The second-order valence-electron chi connectivity index (χ2n) is 11.4. The van der Waals surface area contributed by atoms with Crippen molar-refractivity contribution >= 4 is 11.5 Å². The van der Waals surface area contributed by atoms with Crippen LogP contribution in [0.2, 0.25) is 0 Å². The van der Waals surface area contributed by atoms with Gasteiger partial charge in [0, 0.05) is 51.1 Å². The normalized spacial score (nSPS) is 35.9. The molecule has 0 saturated heterocycles. The van der Waals surface area contributed by atoms with E-state index in [-0.39, 0.29) is 12.5 Å². The first-order valence-electron chi connectivity index (χ1n) is 12.8. The highest BCUT2D eigenvalue weighted by molar-refractivity contribution is 5.84. The maximum Gasteiger partial charge on any atom is 0.137 e. The van der Waals surface area contributed by atoms with Gasteiger partial charge in [-0.3, -0.25) is 4.79 Å². The summed E-state index contributed by atoms with van der Waals surface area (Å²) >= 11 is 0. The highest BCUT2D eigenvalue weighted by Crippen LogP contribution is 2.67. The minimum absolute atomic E-state index is 0.145. The summed E-state index contributed by atoms with van der Waals surface area (Å²) in [5.41, 5.74) is 5.01. The Labute approximate surface area is 203 Å². The Morgan fingerprint density at radius 1 is 1.21 bits per heavy atom. The number of hydrogen-bond acceptors (Lipinski definition) is 5. The van der Waals surface area contributed by atoms with Crippen LogP contribution in [0.5, 0.6) is 0 Å². The van der Waals surface area contributed by atoms with Crippen LogP contribution in [0, 0.1) is 17.3 Å². The molecule has 3 fully saturated rings. The number of methoxy groups -OCH3 is 1. The standard InChI is InChI=1S/C29H39NO4/c1-28-16-24(18-5-8-20(9-6-18)30(2)3)27-22-12-10-21(31)15-19(22)7-11-23(27)25(28)13-14-29(28,33)26(32)17-34-4/h5-9,23-26,32-33H,10-17H2,1-4H3/t23?,24-,25?,26?,28+,29+/m1/s1. The third-order valence-corrected chi connectivity index (χ3v) is 9.62. The fraction of sp³-hybridized carbons (Fsp3) is 0.621. The molecular weight excluding hydrogens is 426 g/mol. The van der Waals surface area contributed by atoms with Gasteiger partial charge in [-0.15, -0.1) is 0 Å². The number of ketones is 1. The zero-order valence-corrected chi connectivity index (χ0v) is 21.0. The number of aliphatic hydroxyl groups is 2. The van der Waals surface area contributed by atoms with Crippen molar-refractivity contribution in [2.24, 2.45) is 17.3 Å². The van der Waals surface area contributed by atoms with Gasteiger partial charge < -0.3 is 19.8 Å². The van der Waals surface area contributed by atoms with E-state index in [9.17, 15) is 15.0 Å². The molecular formula is C29H39NO4. The highest BCUT2D eigenvalue weighted by Gasteiger charge is 2.65. The van der Waals surface area contributed by atoms with Crippen molar-refractivity contribution in [3.8, 4) is 0 Å². The molecule has 3 saturated carbocycles. The summed E-state index contributed by atoms with van der Waals surface area (Å²) in [6, 6.07) is 8.82. The molecule has 6 atom stereocenters. The first-order valence-corrected chi connectivity index (χ1v) is 12.8. The van der Waals surface area contributed by atoms with Crippen molar-refractivity contribution in [2.45, 2.75) is 69.5 Å². The molecule has 4 aliphatic carbocycles. The average Bonchev–Trinajstić information content (AvgIpc) is 3.10. The zero-order chi connectivity index (χ0) is 24.3. The number of anilines is 1. The van der Waals surface area contributed by atoms with Crippen LogP contribution < -0.4 is 4.90 Å². The predicted molar refractivity (Wildman–Crippen MR) is 134 cm³/mol. The largest absolute Gasteiger partial charge is 0.388 e. The van der Waals surface area contributed by atoms with Crippen LogP contribution >= 0.6 is 0 Å². The van der Waals surface area contributed by atoms with Crippen molar-refractivity contribution in [3.63, 3.8) is 0 Å². The Kier molecular flexibility index (Phi) is 6.02. The number of fused-ring (bicyclic) bond motifs is 4. The van der Waals surface area contributed by atoms with Crippen molar-refractivity contribution in [1.29, 1.82) is 0 Å². The summed E-state index contributed by atoms with van der Waals surface area (Å²) in [6.07, 6.45) is 6.66. The third kappa shape index (κ3) is 3.51. The molecule has 0 radical (unpaired) electrons. The molecule has 5 rings (SSSR count). The van der Waals surface area contributed by atoms with E-state index in [1.54, 1.807) is 7.11 Å². The van der Waals surface area contributed by atoms with Crippen LogP contribution in [0.3, 0.4) is 0 Å². The summed E-state index contributed by atoms with van der Waals surface area (Å²) in [5, 5.41) is 23.0. The molecule has 0 aromatic heterocycles. The predicted octanol–water partition coefficient (Wildman–Crippen LogP) is 4.39. The maximum atomic E-state index is 12.2. The van der Waals surface area contributed by atoms with E-state index in [1.165, 1.54) is 28.0 Å². The van der Waals surface area contributed by atoms with E-state index >= 15 is 0 Å². The van der Waals surface area contributed by atoms with E-state index in [0.29, 0.717) is 36.9 Å². The number of nitrogens with zero attached hydrogens (tertiary/aromatic N) is 1. The Balaban J connectivity index is 1.62. The van der Waals surface area contributed by atoms with E-state index in [1.807, 2.05) is 0 Å². The Morgan fingerprint density at radius 2 is 1.94 bits per heavy atom. The molecule has 3 unspecified atom stereocenters. The van der Waals surface area contributed by atoms with Gasteiger partial charge in [-0.25, -0.2) is 0 Å². The second kappa shape index (κ2) is 8.61. The van der Waals surface area contributed by atoms with Gasteiger partial charge in [0.05, 0.1) is 12.2 Å². The number of hydrogen-bond donors (Lipinski definition) is 2. The van der Waals surface area contributed by atoms with Gasteiger partial charge >= 0.3 is 0 Å². The van der Waals surface area contributed by atoms with Crippen LogP contribution in [0.15, 0.2) is 47.1 Å². The molecule has 184 valence electrons. The molecule has 4 aliphatic rings. The number of benzene rings is 1. The molecule has 1 aromatic rings. The number of carbonyl (C=O) groups is 1. The fourth-order valence-electron chi connectivity index (χ4n) is 7.78. The van der Waals surface area contributed by atoms with Gasteiger partial charge in [-0.2, -0.15) is 0 Å². The van der Waals surface area contributed by atoms with Crippen LogP contribution in [0.1, 0.15) is 63.4 Å². The Bertz CT molecular complexity index is 1030. The summed E-state index contributed by atoms with van der Waals surface area (Å²) < 4.78 is 5.27. The molecule has 0 aliphatic heterocycles. The second-order valence-corrected chi connectivity index (χ2v) is 11.4. The van der Waals surface area contributed by atoms with Crippen molar-refractivity contribution in [2.75, 3.05) is 32.7 Å². The molecule has 34 heavy (non-hydrogen) atoms. The fourth-order valence-corrected chi connectivity index (χ4v) is 7.78. The highest BCUT2D eigenvalue weighted by atomic mass is 16.5. The summed E-state index contributed by atoms with van der Waals surface area (Å²) in [6.45, 7) is 2.35. The van der Waals surface area contributed by atoms with Crippen LogP contribution in [-0.4, -0.2) is 55.5 Å². The Hall–Kier alpha value is -1.95. The molecule has 5 nitrogen and oxygen atoms in total. The lowest BCUT2D eigenvalue weighted by Crippen LogP contribution is -2.58. The summed E-state index contributed by atoms with van der Waals surface area (Å²) in [7, 11) is 5.68. The molecule has 0 bridgehead atoms.